The second-order valence-electron chi connectivity index (χ2n) is 9.83. The van der Waals surface area contributed by atoms with Crippen LogP contribution in [-0.2, 0) is 9.53 Å². The maximum atomic E-state index is 13.8. The first-order valence-corrected chi connectivity index (χ1v) is 11.1. The number of likely N-dealkylation sites (tertiary alicyclic amines) is 1. The molecule has 2 saturated heterocycles. The van der Waals surface area contributed by atoms with E-state index in [0.29, 0.717) is 6.54 Å². The third-order valence-corrected chi connectivity index (χ3v) is 6.83. The van der Waals surface area contributed by atoms with Gasteiger partial charge in [-0.2, -0.15) is 0 Å². The predicted molar refractivity (Wildman–Crippen MR) is 121 cm³/mol. The molecule has 2 amide bonds. The van der Waals surface area contributed by atoms with Gasteiger partial charge in [-0.05, 0) is 23.5 Å². The molecule has 0 radical (unpaired) electrons. The largest absolute Gasteiger partial charge is 0.447 e. The number of hydrogen-bond donors (Lipinski definition) is 0. The Morgan fingerprint density at radius 2 is 1.61 bits per heavy atom. The number of benzene rings is 2. The number of carbonyl (C=O) groups excluding carboxylic acids is 2. The standard InChI is InChI=1S/C26H32N2O3/c1-18(19-11-7-5-8-12-19)27-15-21(20-13-9-6-10-14-20)22(16-27)24(29)28-23(26(2,3)4)17-31-25(28)30/h5-14,18,21-23H,15-17H2,1-4H3/t18-,21+,22-,23-/m1/s1. The van der Waals surface area contributed by atoms with Gasteiger partial charge in [0.15, 0.2) is 0 Å². The Kier molecular flexibility index (Phi) is 5.89. The summed E-state index contributed by atoms with van der Waals surface area (Å²) in [6.07, 6.45) is -0.508. The van der Waals surface area contributed by atoms with Gasteiger partial charge in [0.25, 0.3) is 0 Å². The number of nitrogens with zero attached hydrogens (tertiary/aromatic N) is 2. The summed E-state index contributed by atoms with van der Waals surface area (Å²) in [5.41, 5.74) is 2.14. The van der Waals surface area contributed by atoms with E-state index < -0.39 is 6.09 Å². The van der Waals surface area contributed by atoms with Crippen LogP contribution in [0.4, 0.5) is 4.79 Å². The van der Waals surface area contributed by atoms with Crippen LogP contribution < -0.4 is 0 Å². The van der Waals surface area contributed by atoms with E-state index in [1.807, 2.05) is 57.2 Å². The summed E-state index contributed by atoms with van der Waals surface area (Å²) in [4.78, 5) is 30.1. The van der Waals surface area contributed by atoms with Gasteiger partial charge < -0.3 is 4.74 Å². The van der Waals surface area contributed by atoms with Gasteiger partial charge >= 0.3 is 6.09 Å². The third-order valence-electron chi connectivity index (χ3n) is 6.83. The summed E-state index contributed by atoms with van der Waals surface area (Å²) in [5, 5.41) is 0. The van der Waals surface area contributed by atoms with Crippen LogP contribution in [0.15, 0.2) is 60.7 Å². The zero-order valence-corrected chi connectivity index (χ0v) is 18.8. The Bertz CT molecular complexity index is 923. The van der Waals surface area contributed by atoms with Gasteiger partial charge in [-0.1, -0.05) is 81.4 Å². The predicted octanol–water partition coefficient (Wildman–Crippen LogP) is 4.86. The summed E-state index contributed by atoms with van der Waals surface area (Å²) >= 11 is 0. The van der Waals surface area contributed by atoms with Gasteiger partial charge in [-0.15, -0.1) is 0 Å². The van der Waals surface area contributed by atoms with Crippen molar-refractivity contribution in [1.82, 2.24) is 9.80 Å². The second kappa shape index (κ2) is 8.46. The van der Waals surface area contributed by atoms with E-state index in [2.05, 4.69) is 36.1 Å². The van der Waals surface area contributed by atoms with Crippen LogP contribution in [-0.4, -0.2) is 47.5 Å². The molecule has 0 saturated carbocycles. The Balaban J connectivity index is 1.65. The van der Waals surface area contributed by atoms with Crippen molar-refractivity contribution >= 4 is 12.0 Å². The van der Waals surface area contributed by atoms with Gasteiger partial charge in [0.05, 0.1) is 12.0 Å². The quantitative estimate of drug-likeness (QED) is 0.709. The molecule has 0 spiro atoms. The highest BCUT2D eigenvalue weighted by Gasteiger charge is 2.50. The lowest BCUT2D eigenvalue weighted by Crippen LogP contribution is -2.49. The van der Waals surface area contributed by atoms with E-state index >= 15 is 0 Å². The SMILES string of the molecule is C[C@H](c1ccccc1)N1C[C@@H](C(=O)N2C(=O)OC[C@@H]2C(C)(C)C)[C@H](c2ccccc2)C1. The Hall–Kier alpha value is -2.66. The number of hydrogen-bond acceptors (Lipinski definition) is 4. The maximum absolute atomic E-state index is 13.8. The second-order valence-corrected chi connectivity index (χ2v) is 9.83. The fraction of sp³-hybridized carbons (Fsp3) is 0.462. The topological polar surface area (TPSA) is 49.9 Å². The number of cyclic esters (lactones) is 1. The molecular weight excluding hydrogens is 388 g/mol. The minimum Gasteiger partial charge on any atom is -0.447 e. The molecule has 5 heteroatoms. The van der Waals surface area contributed by atoms with Crippen LogP contribution in [0.25, 0.3) is 0 Å². The molecule has 0 aliphatic carbocycles. The molecule has 5 nitrogen and oxygen atoms in total. The first kappa shape index (κ1) is 21.6. The minimum absolute atomic E-state index is 0.0360. The molecule has 164 valence electrons. The molecule has 2 aliphatic heterocycles. The summed E-state index contributed by atoms with van der Waals surface area (Å²) < 4.78 is 5.32. The molecule has 2 aromatic rings. The van der Waals surface area contributed by atoms with Crippen molar-refractivity contribution < 1.29 is 14.3 Å². The first-order valence-electron chi connectivity index (χ1n) is 11.1. The average molecular weight is 421 g/mol. The molecule has 2 fully saturated rings. The zero-order chi connectivity index (χ0) is 22.2. The molecule has 0 bridgehead atoms. The normalized spacial score (nSPS) is 25.5. The summed E-state index contributed by atoms with van der Waals surface area (Å²) in [6.45, 7) is 9.99. The molecule has 2 aliphatic rings. The number of rotatable bonds is 4. The number of ether oxygens (including phenoxy) is 1. The van der Waals surface area contributed by atoms with Crippen molar-refractivity contribution in [3.63, 3.8) is 0 Å². The summed E-state index contributed by atoms with van der Waals surface area (Å²) in [5.74, 6) is -0.364. The van der Waals surface area contributed by atoms with Crippen LogP contribution in [0.5, 0.6) is 0 Å². The van der Waals surface area contributed by atoms with Gasteiger partial charge in [-0.3, -0.25) is 9.69 Å². The lowest BCUT2D eigenvalue weighted by atomic mass is 9.84. The number of carbonyl (C=O) groups is 2. The van der Waals surface area contributed by atoms with Gasteiger partial charge in [-0.25, -0.2) is 9.69 Å². The fourth-order valence-corrected chi connectivity index (χ4v) is 4.86. The van der Waals surface area contributed by atoms with E-state index in [1.54, 1.807) is 0 Å². The molecule has 31 heavy (non-hydrogen) atoms. The van der Waals surface area contributed by atoms with Gasteiger partial charge in [0.2, 0.25) is 5.91 Å². The lowest BCUT2D eigenvalue weighted by molar-refractivity contribution is -0.135. The third kappa shape index (κ3) is 4.24. The molecule has 4 rings (SSSR count). The lowest BCUT2D eigenvalue weighted by Gasteiger charge is -2.33. The Morgan fingerprint density at radius 1 is 1.00 bits per heavy atom. The molecule has 0 unspecified atom stereocenters. The molecule has 0 N–H and O–H groups in total. The van der Waals surface area contributed by atoms with E-state index in [4.69, 9.17) is 4.74 Å². The van der Waals surface area contributed by atoms with Crippen LogP contribution in [0.3, 0.4) is 0 Å². The van der Waals surface area contributed by atoms with Crippen molar-refractivity contribution in [2.24, 2.45) is 11.3 Å². The fourth-order valence-electron chi connectivity index (χ4n) is 4.86. The summed E-state index contributed by atoms with van der Waals surface area (Å²) in [7, 11) is 0. The van der Waals surface area contributed by atoms with Crippen LogP contribution >= 0.6 is 0 Å². The molecule has 0 aromatic heterocycles. The van der Waals surface area contributed by atoms with Crippen LogP contribution in [0.2, 0.25) is 0 Å². The van der Waals surface area contributed by atoms with Crippen molar-refractivity contribution in [1.29, 1.82) is 0 Å². The Morgan fingerprint density at radius 3 is 2.23 bits per heavy atom. The number of imide groups is 1. The number of amides is 2. The first-order chi connectivity index (χ1) is 14.8. The molecule has 2 heterocycles. The van der Waals surface area contributed by atoms with Gasteiger partial charge in [0.1, 0.15) is 6.61 Å². The van der Waals surface area contributed by atoms with Gasteiger partial charge in [0, 0.05) is 25.0 Å². The van der Waals surface area contributed by atoms with E-state index in [9.17, 15) is 9.59 Å². The van der Waals surface area contributed by atoms with Crippen LogP contribution in [0, 0.1) is 11.3 Å². The average Bonchev–Trinajstić information content (AvgIpc) is 3.38. The highest BCUT2D eigenvalue weighted by atomic mass is 16.6. The van der Waals surface area contributed by atoms with Crippen molar-refractivity contribution in [3.8, 4) is 0 Å². The minimum atomic E-state index is -0.508. The molecule has 2 aromatic carbocycles. The van der Waals surface area contributed by atoms with Crippen molar-refractivity contribution in [2.45, 2.75) is 45.7 Å². The molecular formula is C26H32N2O3. The monoisotopic (exact) mass is 420 g/mol. The zero-order valence-electron chi connectivity index (χ0n) is 18.8. The van der Waals surface area contributed by atoms with E-state index in [0.717, 1.165) is 12.1 Å². The highest BCUT2D eigenvalue weighted by molar-refractivity contribution is 5.95. The molecule has 4 atom stereocenters. The van der Waals surface area contributed by atoms with Crippen molar-refractivity contribution in [2.75, 3.05) is 19.7 Å². The van der Waals surface area contributed by atoms with Crippen molar-refractivity contribution in [3.05, 3.63) is 71.8 Å². The maximum Gasteiger partial charge on any atom is 0.417 e. The highest BCUT2D eigenvalue weighted by Crippen LogP contribution is 2.40. The Labute approximate surface area is 185 Å². The summed E-state index contributed by atoms with van der Waals surface area (Å²) in [6, 6.07) is 20.5. The van der Waals surface area contributed by atoms with E-state index in [-0.39, 0.29) is 41.8 Å². The van der Waals surface area contributed by atoms with Crippen LogP contribution in [0.1, 0.15) is 50.8 Å². The van der Waals surface area contributed by atoms with E-state index in [1.165, 1.54) is 10.5 Å². The smallest absolute Gasteiger partial charge is 0.417 e.